The molecule has 0 bridgehead atoms. The molecule has 6 N–H and O–H groups in total. The van der Waals surface area contributed by atoms with Gasteiger partial charge in [-0.3, -0.25) is 19.8 Å². The van der Waals surface area contributed by atoms with E-state index < -0.39 is 105 Å². The van der Waals surface area contributed by atoms with Gasteiger partial charge in [0.1, 0.15) is 35.8 Å². The summed E-state index contributed by atoms with van der Waals surface area (Å²) in [5.41, 5.74) is -2.38. The first-order chi connectivity index (χ1) is 36.3. The number of carbonyl (C=O) groups is 5. The minimum atomic E-state index is -1.33. The fourth-order valence-electron chi connectivity index (χ4n) is 14.0. The number of esters is 4. The SMILES string of the molecule is C=CCN(/C=C1/C(=O)O[C@H](COC)[C@@]2(C)C1=C(O)C(=O)C1=C2[C@H](OC(C)=O)C[C@]2(C)C(O)CC[C@@H]12)CC=C.C=CCN(CC=C)C(=N)C1=C2C(O)=C(O)C3=C([C@H](OC(C)=O)C[C@]4(C)C(O)CC[C@@H]34)[C@@]2(C)[C@@H](COC)OC1=O. The highest BCUT2D eigenvalue weighted by atomic mass is 16.6. The summed E-state index contributed by atoms with van der Waals surface area (Å²) in [5.74, 6) is -5.75. The maximum Gasteiger partial charge on any atom is 0.342 e. The predicted octanol–water partition coefficient (Wildman–Crippen LogP) is 6.19. The van der Waals surface area contributed by atoms with Crippen LogP contribution in [0.3, 0.4) is 0 Å². The van der Waals surface area contributed by atoms with Crippen LogP contribution in [0, 0.1) is 38.9 Å². The number of methoxy groups -OCH3 is 2. The Bertz CT molecular complexity index is 2730. The number of aliphatic hydroxyl groups is 5. The summed E-state index contributed by atoms with van der Waals surface area (Å²) in [7, 11) is 2.92. The molecule has 1 saturated heterocycles. The van der Waals surface area contributed by atoms with Gasteiger partial charge in [0.2, 0.25) is 5.78 Å². The summed E-state index contributed by atoms with van der Waals surface area (Å²) in [6.45, 7) is 26.0. The number of hydrogen-bond donors (Lipinski definition) is 6. The number of aliphatic hydroxyl groups excluding tert-OH is 5. The van der Waals surface area contributed by atoms with Crippen molar-refractivity contribution in [2.45, 2.75) is 117 Å². The van der Waals surface area contributed by atoms with Gasteiger partial charge in [-0.2, -0.15) is 0 Å². The number of carbonyl (C=O) groups excluding carboxylic acids is 5. The van der Waals surface area contributed by atoms with Crippen molar-refractivity contribution in [3.05, 3.63) is 119 Å². The molecule has 0 aromatic carbocycles. The van der Waals surface area contributed by atoms with Gasteiger partial charge >= 0.3 is 23.9 Å². The van der Waals surface area contributed by atoms with Crippen molar-refractivity contribution in [1.82, 2.24) is 9.80 Å². The molecule has 418 valence electrons. The molecule has 0 aromatic heterocycles. The summed E-state index contributed by atoms with van der Waals surface area (Å²) in [6.07, 6.45) is 5.55. The second-order valence-electron chi connectivity index (χ2n) is 22.1. The van der Waals surface area contributed by atoms with Crippen molar-refractivity contribution in [2.24, 2.45) is 33.5 Å². The van der Waals surface area contributed by atoms with Crippen molar-refractivity contribution in [3.63, 3.8) is 0 Å². The van der Waals surface area contributed by atoms with Gasteiger partial charge in [0.25, 0.3) is 0 Å². The van der Waals surface area contributed by atoms with E-state index in [1.165, 1.54) is 33.0 Å². The number of amidine groups is 1. The van der Waals surface area contributed by atoms with Gasteiger partial charge in [0.05, 0.1) is 41.8 Å². The molecule has 6 aliphatic carbocycles. The minimum Gasteiger partial charge on any atom is -0.504 e. The van der Waals surface area contributed by atoms with E-state index in [1.54, 1.807) is 49.3 Å². The van der Waals surface area contributed by atoms with Gasteiger partial charge in [0, 0.05) is 93.6 Å². The Morgan fingerprint density at radius 2 is 1.10 bits per heavy atom. The fourth-order valence-corrected chi connectivity index (χ4v) is 14.0. The molecule has 2 saturated carbocycles. The summed E-state index contributed by atoms with van der Waals surface area (Å²) in [4.78, 5) is 68.7. The van der Waals surface area contributed by atoms with Crippen LogP contribution in [-0.2, 0) is 52.4 Å². The zero-order valence-electron chi connectivity index (χ0n) is 45.4. The molecule has 0 amide bonds. The van der Waals surface area contributed by atoms with Gasteiger partial charge in [-0.15, -0.1) is 26.3 Å². The van der Waals surface area contributed by atoms with Gasteiger partial charge in [-0.1, -0.05) is 38.2 Å². The van der Waals surface area contributed by atoms with E-state index in [1.807, 2.05) is 13.8 Å². The van der Waals surface area contributed by atoms with E-state index in [-0.39, 0.29) is 72.7 Å². The fraction of sp³-hybridized carbons (Fsp3) is 0.552. The molecular formula is C58H75N3O16. The maximum atomic E-state index is 14.0. The third-order valence-electron chi connectivity index (χ3n) is 17.6. The lowest BCUT2D eigenvalue weighted by Gasteiger charge is -2.54. The van der Waals surface area contributed by atoms with Crippen LogP contribution >= 0.6 is 0 Å². The highest BCUT2D eigenvalue weighted by Crippen LogP contribution is 2.66. The number of ether oxygens (including phenoxy) is 6. The van der Waals surface area contributed by atoms with Gasteiger partial charge < -0.3 is 63.8 Å². The third kappa shape index (κ3) is 9.39. The van der Waals surface area contributed by atoms with E-state index in [2.05, 4.69) is 26.3 Å². The molecule has 19 nitrogen and oxygen atoms in total. The Hall–Kier alpha value is -6.54. The average molecular weight is 1070 g/mol. The van der Waals surface area contributed by atoms with Crippen molar-refractivity contribution < 1.29 is 77.9 Å². The molecule has 2 aliphatic heterocycles. The highest BCUT2D eigenvalue weighted by molar-refractivity contribution is 6.20. The highest BCUT2D eigenvalue weighted by Gasteiger charge is 2.66. The summed E-state index contributed by atoms with van der Waals surface area (Å²) < 4.78 is 34.3. The van der Waals surface area contributed by atoms with Crippen molar-refractivity contribution in [1.29, 1.82) is 5.41 Å². The Morgan fingerprint density at radius 1 is 0.662 bits per heavy atom. The number of rotatable bonds is 16. The van der Waals surface area contributed by atoms with Crippen LogP contribution < -0.4 is 0 Å². The number of ketones is 1. The first-order valence-electron chi connectivity index (χ1n) is 26.0. The Labute approximate surface area is 449 Å². The normalized spacial score (nSPS) is 34.5. The molecule has 19 heteroatoms. The van der Waals surface area contributed by atoms with Crippen molar-refractivity contribution >= 4 is 35.5 Å². The second kappa shape index (κ2) is 22.1. The minimum absolute atomic E-state index is 0.0134. The smallest absolute Gasteiger partial charge is 0.342 e. The van der Waals surface area contributed by atoms with E-state index in [9.17, 15) is 49.5 Å². The summed E-state index contributed by atoms with van der Waals surface area (Å²) in [5, 5.41) is 65.6. The lowest BCUT2D eigenvalue weighted by atomic mass is 9.53. The van der Waals surface area contributed by atoms with E-state index >= 15 is 0 Å². The molecule has 12 atom stereocenters. The number of Topliss-reactive ketones (excluding diaryl/α,β-unsaturated/α-hetero) is 1. The van der Waals surface area contributed by atoms with Gasteiger partial charge in [-0.25, -0.2) is 9.59 Å². The predicted molar refractivity (Wildman–Crippen MR) is 282 cm³/mol. The number of hydrogen-bond acceptors (Lipinski definition) is 18. The molecule has 0 radical (unpaired) electrons. The number of allylic oxidation sites excluding steroid dienone is 3. The Kier molecular flexibility index (Phi) is 16.7. The van der Waals surface area contributed by atoms with Crippen LogP contribution in [0.4, 0.5) is 0 Å². The largest absolute Gasteiger partial charge is 0.504 e. The van der Waals surface area contributed by atoms with Gasteiger partial charge in [0.15, 0.2) is 17.3 Å². The topological polar surface area (TPSA) is 272 Å². The van der Waals surface area contributed by atoms with Crippen LogP contribution in [0.5, 0.6) is 0 Å². The quantitative estimate of drug-likeness (QED) is 0.0251. The molecule has 0 spiro atoms. The summed E-state index contributed by atoms with van der Waals surface area (Å²) in [6, 6.07) is 0. The average Bonchev–Trinajstić information content (AvgIpc) is 3.93. The lowest BCUT2D eigenvalue weighted by Crippen LogP contribution is -2.57. The monoisotopic (exact) mass is 1070 g/mol. The molecule has 2 heterocycles. The molecule has 8 aliphatic rings. The zero-order chi connectivity index (χ0) is 56.9. The molecule has 0 aromatic rings. The third-order valence-corrected chi connectivity index (χ3v) is 17.6. The number of cyclic esters (lactones) is 2. The zero-order valence-corrected chi connectivity index (χ0v) is 45.4. The summed E-state index contributed by atoms with van der Waals surface area (Å²) >= 11 is 0. The number of nitrogens with one attached hydrogen (secondary N) is 1. The first kappa shape index (κ1) is 58.1. The molecular weight excluding hydrogens is 995 g/mol. The van der Waals surface area contributed by atoms with E-state index in [0.717, 1.165) is 0 Å². The van der Waals surface area contributed by atoms with Crippen molar-refractivity contribution in [3.8, 4) is 0 Å². The Morgan fingerprint density at radius 3 is 1.56 bits per heavy atom. The maximum absolute atomic E-state index is 14.0. The number of nitrogens with zero attached hydrogens (tertiary/aromatic N) is 2. The second-order valence-corrected chi connectivity index (χ2v) is 22.1. The van der Waals surface area contributed by atoms with Crippen molar-refractivity contribution in [2.75, 3.05) is 53.6 Å². The van der Waals surface area contributed by atoms with Crippen LogP contribution in [-0.4, -0.2) is 161 Å². The Balaban J connectivity index is 0.000000224. The standard InChI is InChI=1S/C29H38N2O8.C29H37NO8/c1-7-11-31(12-8-2)26(30)21-23-25(35)24(34)20-16-9-10-18(33)28(16,4)13-17(38-15(3)32)22(20)29(23,5)19(14-37-6)39-27(21)36;1-7-11-30(12-8-2)14-17-23-26(34)25(33)22-18-9-10-20(32)28(18,4)13-19(37-16(3)31)24(22)29(23,5)21(15-36-6)38-27(17)35/h7-8,16-19,30,33-35H,1-2,9-14H2,3-6H3;7-8,14,18-21,32,34H,1-2,9-13,15H2,3-6H3/b;17-14+/t16-,17+,18?,19+,28-,29+;18-,19+,20?,21+,28-,29-/m00/s1. The van der Waals surface area contributed by atoms with Gasteiger partial charge in [-0.05, 0) is 75.4 Å². The van der Waals surface area contributed by atoms with Crippen LogP contribution in [0.25, 0.3) is 0 Å². The molecule has 3 fully saturated rings. The van der Waals surface area contributed by atoms with E-state index in [4.69, 9.17) is 33.8 Å². The lowest BCUT2D eigenvalue weighted by molar-refractivity contribution is -0.161. The molecule has 2 unspecified atom stereocenters. The van der Waals surface area contributed by atoms with E-state index in [0.29, 0.717) is 67.5 Å². The van der Waals surface area contributed by atoms with Crippen LogP contribution in [0.15, 0.2) is 119 Å². The number of fused-ring (bicyclic) bond motifs is 8. The molecule has 8 rings (SSSR count). The first-order valence-corrected chi connectivity index (χ1v) is 26.0. The van der Waals surface area contributed by atoms with Crippen LogP contribution in [0.2, 0.25) is 0 Å². The molecule has 77 heavy (non-hydrogen) atoms. The van der Waals surface area contributed by atoms with Crippen LogP contribution in [0.1, 0.15) is 80.1 Å².